The van der Waals surface area contributed by atoms with Crippen molar-refractivity contribution in [1.82, 2.24) is 4.98 Å². The van der Waals surface area contributed by atoms with E-state index in [0.717, 1.165) is 12.0 Å². The molecular formula is C17H18ClN3O3S. The van der Waals surface area contributed by atoms with Gasteiger partial charge in [0.15, 0.2) is 0 Å². The van der Waals surface area contributed by atoms with Gasteiger partial charge in [0.25, 0.3) is 5.91 Å². The van der Waals surface area contributed by atoms with E-state index in [2.05, 4.69) is 10.3 Å². The second-order valence-electron chi connectivity index (χ2n) is 5.93. The Hall–Kier alpha value is -2.12. The maximum atomic E-state index is 12.4. The number of pyridine rings is 1. The molecule has 3 rings (SSSR count). The molecule has 0 saturated carbocycles. The third-order valence-electron chi connectivity index (χ3n) is 3.99. The van der Waals surface area contributed by atoms with Crippen molar-refractivity contribution < 1.29 is 13.2 Å². The smallest absolute Gasteiger partial charge is 0.258 e. The molecule has 0 bridgehead atoms. The lowest BCUT2D eigenvalue weighted by atomic mass is 10.2. The lowest BCUT2D eigenvalue weighted by molar-refractivity contribution is 0.102. The van der Waals surface area contributed by atoms with Crippen molar-refractivity contribution in [2.24, 2.45) is 0 Å². The summed E-state index contributed by atoms with van der Waals surface area (Å²) in [4.78, 5) is 16.5. The van der Waals surface area contributed by atoms with Gasteiger partial charge in [-0.05, 0) is 55.7 Å². The van der Waals surface area contributed by atoms with Gasteiger partial charge in [0.05, 0.1) is 22.0 Å². The van der Waals surface area contributed by atoms with Crippen LogP contribution in [0.3, 0.4) is 0 Å². The summed E-state index contributed by atoms with van der Waals surface area (Å²) >= 11 is 6.23. The molecule has 0 radical (unpaired) electrons. The number of carbonyl (C=O) groups excluding carboxylic acids is 1. The summed E-state index contributed by atoms with van der Waals surface area (Å²) in [7, 11) is -3.32. The lowest BCUT2D eigenvalue weighted by Crippen LogP contribution is -2.37. The highest BCUT2D eigenvalue weighted by molar-refractivity contribution is 7.92. The number of aromatic nitrogens is 1. The summed E-state index contributed by atoms with van der Waals surface area (Å²) in [5, 5.41) is 2.89. The van der Waals surface area contributed by atoms with Crippen molar-refractivity contribution in [3.63, 3.8) is 0 Å². The molecule has 0 unspecified atom stereocenters. The zero-order valence-electron chi connectivity index (χ0n) is 13.7. The maximum Gasteiger partial charge on any atom is 0.258 e. The van der Waals surface area contributed by atoms with Crippen LogP contribution >= 0.6 is 11.6 Å². The van der Waals surface area contributed by atoms with Crippen LogP contribution in [0.2, 0.25) is 5.02 Å². The Morgan fingerprint density at radius 2 is 2.04 bits per heavy atom. The molecule has 1 aromatic carbocycles. The lowest BCUT2D eigenvalue weighted by Gasteiger charge is -2.28. The van der Waals surface area contributed by atoms with Gasteiger partial charge in [0, 0.05) is 12.7 Å². The number of anilines is 2. The summed E-state index contributed by atoms with van der Waals surface area (Å²) < 4.78 is 25.7. The predicted octanol–water partition coefficient (Wildman–Crippen LogP) is 3.23. The number of nitrogens with one attached hydrogen (secondary N) is 1. The minimum absolute atomic E-state index is 0.131. The van der Waals surface area contributed by atoms with Gasteiger partial charge in [-0.25, -0.2) is 13.4 Å². The van der Waals surface area contributed by atoms with Gasteiger partial charge in [-0.1, -0.05) is 11.6 Å². The summed E-state index contributed by atoms with van der Waals surface area (Å²) in [6.07, 6.45) is 3.07. The first-order valence-corrected chi connectivity index (χ1v) is 9.89. The zero-order valence-corrected chi connectivity index (χ0v) is 15.3. The van der Waals surface area contributed by atoms with Gasteiger partial charge in [0.2, 0.25) is 10.0 Å². The van der Waals surface area contributed by atoms with Gasteiger partial charge in [-0.3, -0.25) is 9.10 Å². The Bertz CT molecular complexity index is 915. The van der Waals surface area contributed by atoms with E-state index in [4.69, 9.17) is 11.6 Å². The van der Waals surface area contributed by atoms with Crippen LogP contribution in [0.25, 0.3) is 0 Å². The van der Waals surface area contributed by atoms with Gasteiger partial charge < -0.3 is 5.32 Å². The average Bonchev–Trinajstić information content (AvgIpc) is 2.54. The Morgan fingerprint density at radius 1 is 1.24 bits per heavy atom. The van der Waals surface area contributed by atoms with Crippen molar-refractivity contribution in [2.75, 3.05) is 21.9 Å². The molecule has 25 heavy (non-hydrogen) atoms. The van der Waals surface area contributed by atoms with Crippen LogP contribution in [0.15, 0.2) is 36.5 Å². The molecule has 1 aliphatic heterocycles. The molecule has 1 fully saturated rings. The van der Waals surface area contributed by atoms with Crippen LogP contribution in [0.5, 0.6) is 0 Å². The molecule has 6 nitrogen and oxygen atoms in total. The largest absolute Gasteiger partial charge is 0.307 e. The predicted molar refractivity (Wildman–Crippen MR) is 98.7 cm³/mol. The van der Waals surface area contributed by atoms with E-state index in [9.17, 15) is 13.2 Å². The standard InChI is InChI=1S/C17H18ClN3O3S/c1-12-6-7-19-16(10-12)20-17(22)14-5-4-13(11-15(14)18)21-8-2-3-9-25(21,23)24/h4-7,10-11H,2-3,8-9H2,1H3,(H,19,20,22). The monoisotopic (exact) mass is 379 g/mol. The number of sulfonamides is 1. The Labute approximate surface area is 151 Å². The minimum Gasteiger partial charge on any atom is -0.307 e. The van der Waals surface area contributed by atoms with Crippen LogP contribution in [-0.4, -0.2) is 31.6 Å². The number of benzene rings is 1. The molecule has 1 aromatic heterocycles. The first-order chi connectivity index (χ1) is 11.9. The van der Waals surface area contributed by atoms with E-state index in [0.29, 0.717) is 24.5 Å². The average molecular weight is 380 g/mol. The fourth-order valence-electron chi connectivity index (χ4n) is 2.71. The third-order valence-corrected chi connectivity index (χ3v) is 6.17. The molecule has 132 valence electrons. The molecule has 1 N–H and O–H groups in total. The van der Waals surface area contributed by atoms with Crippen LogP contribution in [0.4, 0.5) is 11.5 Å². The zero-order chi connectivity index (χ0) is 18.0. The van der Waals surface area contributed by atoms with Gasteiger partial charge in [-0.15, -0.1) is 0 Å². The van der Waals surface area contributed by atoms with Crippen LogP contribution in [-0.2, 0) is 10.0 Å². The molecule has 8 heteroatoms. The number of carbonyl (C=O) groups is 1. The molecule has 2 heterocycles. The fourth-order valence-corrected chi connectivity index (χ4v) is 4.60. The highest BCUT2D eigenvalue weighted by Gasteiger charge is 2.26. The Kier molecular flexibility index (Phi) is 4.96. The van der Waals surface area contributed by atoms with Gasteiger partial charge in [0.1, 0.15) is 5.82 Å². The molecule has 1 saturated heterocycles. The van der Waals surface area contributed by atoms with E-state index in [1.807, 2.05) is 13.0 Å². The SMILES string of the molecule is Cc1ccnc(NC(=O)c2ccc(N3CCCCS3(=O)=O)cc2Cl)c1. The van der Waals surface area contributed by atoms with Crippen molar-refractivity contribution >= 4 is 39.0 Å². The summed E-state index contributed by atoms with van der Waals surface area (Å²) in [6, 6.07) is 8.24. The van der Waals surface area contributed by atoms with E-state index < -0.39 is 15.9 Å². The number of hydrogen-bond acceptors (Lipinski definition) is 4. The summed E-state index contributed by atoms with van der Waals surface area (Å²) in [6.45, 7) is 2.33. The summed E-state index contributed by atoms with van der Waals surface area (Å²) in [5.41, 5.74) is 1.72. The highest BCUT2D eigenvalue weighted by Crippen LogP contribution is 2.28. The number of amides is 1. The first kappa shape index (κ1) is 17.7. The fraction of sp³-hybridized carbons (Fsp3) is 0.294. The third kappa shape index (κ3) is 3.93. The van der Waals surface area contributed by atoms with Crippen LogP contribution in [0.1, 0.15) is 28.8 Å². The Morgan fingerprint density at radius 3 is 2.72 bits per heavy atom. The van der Waals surface area contributed by atoms with E-state index in [-0.39, 0.29) is 16.3 Å². The van der Waals surface area contributed by atoms with Crippen molar-refractivity contribution in [3.05, 3.63) is 52.7 Å². The highest BCUT2D eigenvalue weighted by atomic mass is 35.5. The molecule has 0 aliphatic carbocycles. The minimum atomic E-state index is -3.32. The quantitative estimate of drug-likeness (QED) is 0.887. The second-order valence-corrected chi connectivity index (χ2v) is 8.35. The molecule has 0 atom stereocenters. The van der Waals surface area contributed by atoms with E-state index in [1.54, 1.807) is 18.3 Å². The van der Waals surface area contributed by atoms with Crippen molar-refractivity contribution in [1.29, 1.82) is 0 Å². The molecular weight excluding hydrogens is 362 g/mol. The summed E-state index contributed by atoms with van der Waals surface area (Å²) in [5.74, 6) is 0.172. The van der Waals surface area contributed by atoms with Crippen molar-refractivity contribution in [3.8, 4) is 0 Å². The number of halogens is 1. The molecule has 2 aromatic rings. The van der Waals surface area contributed by atoms with E-state index in [1.165, 1.54) is 16.4 Å². The molecule has 0 spiro atoms. The Balaban J connectivity index is 1.83. The normalized spacial score (nSPS) is 16.5. The molecule has 1 amide bonds. The van der Waals surface area contributed by atoms with Crippen molar-refractivity contribution in [2.45, 2.75) is 19.8 Å². The number of aryl methyl sites for hydroxylation is 1. The number of hydrogen-bond donors (Lipinski definition) is 1. The van der Waals surface area contributed by atoms with Crippen LogP contribution < -0.4 is 9.62 Å². The first-order valence-electron chi connectivity index (χ1n) is 7.91. The number of rotatable bonds is 3. The maximum absolute atomic E-state index is 12.4. The van der Waals surface area contributed by atoms with Gasteiger partial charge in [-0.2, -0.15) is 0 Å². The van der Waals surface area contributed by atoms with E-state index >= 15 is 0 Å². The second kappa shape index (κ2) is 7.01. The number of nitrogens with zero attached hydrogens (tertiary/aromatic N) is 2. The van der Waals surface area contributed by atoms with Gasteiger partial charge >= 0.3 is 0 Å². The topological polar surface area (TPSA) is 79.4 Å². The van der Waals surface area contributed by atoms with Crippen LogP contribution in [0, 0.1) is 6.92 Å². The molecule has 1 aliphatic rings.